The van der Waals surface area contributed by atoms with E-state index in [1.807, 2.05) is 42.5 Å². The van der Waals surface area contributed by atoms with Crippen LogP contribution in [-0.2, 0) is 17.6 Å². The number of amidine groups is 2. The van der Waals surface area contributed by atoms with Gasteiger partial charge in [0.1, 0.15) is 17.5 Å². The number of carbonyl (C=O) groups is 3. The molecule has 0 spiro atoms. The van der Waals surface area contributed by atoms with Gasteiger partial charge in [0, 0.05) is 54.7 Å². The van der Waals surface area contributed by atoms with Gasteiger partial charge >= 0.3 is 6.03 Å². The van der Waals surface area contributed by atoms with Crippen molar-refractivity contribution in [1.29, 1.82) is 0 Å². The van der Waals surface area contributed by atoms with Crippen molar-refractivity contribution < 1.29 is 14.4 Å². The Hall–Kier alpha value is -4.79. The second-order valence-corrected chi connectivity index (χ2v) is 9.72. The molecular weight excluding hydrogens is 504 g/mol. The summed E-state index contributed by atoms with van der Waals surface area (Å²) in [4.78, 5) is 47.4. The molecule has 3 aromatic carbocycles. The smallest absolute Gasteiger partial charge is 0.323 e. The summed E-state index contributed by atoms with van der Waals surface area (Å²) in [7, 11) is 0. The molecule has 0 saturated heterocycles. The minimum absolute atomic E-state index is 0.0312. The fourth-order valence-electron chi connectivity index (χ4n) is 4.80. The molecule has 3 aromatic rings. The molecule has 2 heterocycles. The predicted molar refractivity (Wildman–Crippen MR) is 158 cm³/mol. The van der Waals surface area contributed by atoms with Crippen molar-refractivity contribution in [3.8, 4) is 0 Å². The molecule has 0 aromatic heterocycles. The third kappa shape index (κ3) is 6.61. The van der Waals surface area contributed by atoms with Crippen molar-refractivity contribution >= 4 is 40.6 Å². The summed E-state index contributed by atoms with van der Waals surface area (Å²) >= 11 is 0. The van der Waals surface area contributed by atoms with E-state index in [4.69, 9.17) is 0 Å². The molecule has 0 aliphatic carbocycles. The fourth-order valence-corrected chi connectivity index (χ4v) is 4.80. The molecule has 204 valence electrons. The standard InChI is InChI=1S/C31H32N6O3/c1-2-28(39)26-10-9-21(17-25(38)16-20-5-3-6-22(15-20)29-32-11-12-33-29)18-27(26)37-31(40)36-24-8-4-7-23(19-24)30-34-13-14-35-30/h3-10,15,18-19H,2,11-14,16-17H2,1H3,(H,32,33)(H,34,35)(H2,36,37,40). The Labute approximate surface area is 233 Å². The SMILES string of the molecule is CCC(=O)c1ccc(CC(=O)Cc2cccc(C3=NCCN3)c2)cc1NC(=O)Nc1cccc(C2=NCCN2)c1. The van der Waals surface area contributed by atoms with Gasteiger partial charge in [-0.15, -0.1) is 0 Å². The van der Waals surface area contributed by atoms with E-state index in [2.05, 4.69) is 31.3 Å². The van der Waals surface area contributed by atoms with Crippen LogP contribution in [0.4, 0.5) is 16.2 Å². The molecule has 0 atom stereocenters. The molecule has 0 radical (unpaired) electrons. The molecular formula is C31H32N6O3. The maximum Gasteiger partial charge on any atom is 0.323 e. The zero-order chi connectivity index (χ0) is 27.9. The highest BCUT2D eigenvalue weighted by molar-refractivity contribution is 6.08. The summed E-state index contributed by atoms with van der Waals surface area (Å²) in [5.74, 6) is 1.59. The van der Waals surface area contributed by atoms with Crippen LogP contribution >= 0.6 is 0 Å². The van der Waals surface area contributed by atoms with Crippen LogP contribution in [0.1, 0.15) is 46.0 Å². The Balaban J connectivity index is 1.27. The second kappa shape index (κ2) is 12.4. The molecule has 0 bridgehead atoms. The number of carbonyl (C=O) groups excluding carboxylic acids is 3. The van der Waals surface area contributed by atoms with Crippen LogP contribution in [0.3, 0.4) is 0 Å². The normalized spacial score (nSPS) is 14.0. The van der Waals surface area contributed by atoms with Gasteiger partial charge in [0.15, 0.2) is 5.78 Å². The third-order valence-electron chi connectivity index (χ3n) is 6.70. The first-order valence-corrected chi connectivity index (χ1v) is 13.5. The number of amides is 2. The first kappa shape index (κ1) is 26.8. The number of ketones is 2. The third-order valence-corrected chi connectivity index (χ3v) is 6.70. The number of hydrogen-bond donors (Lipinski definition) is 4. The lowest BCUT2D eigenvalue weighted by atomic mass is 9.98. The molecule has 9 heteroatoms. The van der Waals surface area contributed by atoms with Gasteiger partial charge < -0.3 is 21.3 Å². The van der Waals surface area contributed by atoms with Crippen LogP contribution in [0.2, 0.25) is 0 Å². The number of Topliss-reactive ketones (excluding diaryl/α,β-unsaturated/α-hetero) is 2. The van der Waals surface area contributed by atoms with Gasteiger partial charge in [0.2, 0.25) is 0 Å². The van der Waals surface area contributed by atoms with Crippen molar-refractivity contribution in [2.45, 2.75) is 26.2 Å². The van der Waals surface area contributed by atoms with Gasteiger partial charge in [-0.3, -0.25) is 19.6 Å². The number of aliphatic imine (C=N–C) groups is 2. The highest BCUT2D eigenvalue weighted by Crippen LogP contribution is 2.22. The van der Waals surface area contributed by atoms with Gasteiger partial charge in [0.25, 0.3) is 0 Å². The summed E-state index contributed by atoms with van der Waals surface area (Å²) in [5, 5.41) is 12.1. The molecule has 40 heavy (non-hydrogen) atoms. The van der Waals surface area contributed by atoms with Gasteiger partial charge in [-0.05, 0) is 41.5 Å². The molecule has 0 saturated carbocycles. The van der Waals surface area contributed by atoms with Crippen LogP contribution in [0.15, 0.2) is 76.7 Å². The Morgan fingerprint density at radius 3 is 2.08 bits per heavy atom. The highest BCUT2D eigenvalue weighted by Gasteiger charge is 2.16. The lowest BCUT2D eigenvalue weighted by Gasteiger charge is -2.14. The zero-order valence-corrected chi connectivity index (χ0v) is 22.4. The van der Waals surface area contributed by atoms with Crippen molar-refractivity contribution in [2.75, 3.05) is 36.8 Å². The van der Waals surface area contributed by atoms with E-state index in [0.717, 1.165) is 60.1 Å². The first-order valence-electron chi connectivity index (χ1n) is 13.5. The van der Waals surface area contributed by atoms with Crippen LogP contribution < -0.4 is 21.3 Å². The number of benzene rings is 3. The largest absolute Gasteiger partial charge is 0.368 e. The molecule has 5 rings (SSSR count). The summed E-state index contributed by atoms with van der Waals surface area (Å²) in [6.07, 6.45) is 0.746. The molecule has 2 aliphatic rings. The van der Waals surface area contributed by atoms with Crippen molar-refractivity contribution in [3.05, 3.63) is 94.5 Å². The average molecular weight is 537 g/mol. The summed E-state index contributed by atoms with van der Waals surface area (Å²) in [6.45, 7) is 4.86. The monoisotopic (exact) mass is 536 g/mol. The van der Waals surface area contributed by atoms with Crippen molar-refractivity contribution in [1.82, 2.24) is 10.6 Å². The molecule has 9 nitrogen and oxygen atoms in total. The van der Waals surface area contributed by atoms with E-state index in [1.165, 1.54) is 0 Å². The molecule has 0 unspecified atom stereocenters. The van der Waals surface area contributed by atoms with Crippen LogP contribution in [0.25, 0.3) is 0 Å². The molecule has 4 N–H and O–H groups in total. The number of nitrogens with zero attached hydrogens (tertiary/aromatic N) is 2. The minimum atomic E-state index is -0.479. The van der Waals surface area contributed by atoms with Crippen molar-refractivity contribution in [2.24, 2.45) is 9.98 Å². The second-order valence-electron chi connectivity index (χ2n) is 9.72. The fraction of sp³-hybridized carbons (Fsp3) is 0.258. The topological polar surface area (TPSA) is 124 Å². The molecule has 2 amide bonds. The highest BCUT2D eigenvalue weighted by atomic mass is 16.2. The maximum atomic E-state index is 13.0. The van der Waals surface area contributed by atoms with E-state index < -0.39 is 6.03 Å². The van der Waals surface area contributed by atoms with E-state index in [0.29, 0.717) is 23.4 Å². The number of rotatable bonds is 10. The minimum Gasteiger partial charge on any atom is -0.368 e. The number of hydrogen-bond acceptors (Lipinski definition) is 7. The van der Waals surface area contributed by atoms with Crippen LogP contribution in [-0.4, -0.2) is 55.4 Å². The van der Waals surface area contributed by atoms with Gasteiger partial charge in [-0.1, -0.05) is 43.3 Å². The first-order chi connectivity index (χ1) is 19.5. The van der Waals surface area contributed by atoms with Crippen LogP contribution in [0.5, 0.6) is 0 Å². The summed E-state index contributed by atoms with van der Waals surface area (Å²) in [6, 6.07) is 19.9. The molecule has 2 aliphatic heterocycles. The summed E-state index contributed by atoms with van der Waals surface area (Å²) in [5.41, 5.74) is 4.87. The van der Waals surface area contributed by atoms with Gasteiger partial charge in [-0.25, -0.2) is 4.79 Å². The van der Waals surface area contributed by atoms with Crippen molar-refractivity contribution in [3.63, 3.8) is 0 Å². The Morgan fingerprint density at radius 2 is 1.43 bits per heavy atom. The number of urea groups is 1. The average Bonchev–Trinajstić information content (AvgIpc) is 3.68. The lowest BCUT2D eigenvalue weighted by molar-refractivity contribution is -0.117. The number of anilines is 2. The van der Waals surface area contributed by atoms with E-state index in [1.54, 1.807) is 31.2 Å². The van der Waals surface area contributed by atoms with E-state index in [-0.39, 0.29) is 24.4 Å². The van der Waals surface area contributed by atoms with Gasteiger partial charge in [0.05, 0.1) is 18.8 Å². The van der Waals surface area contributed by atoms with E-state index >= 15 is 0 Å². The number of nitrogens with one attached hydrogen (secondary N) is 4. The Morgan fingerprint density at radius 1 is 0.775 bits per heavy atom. The summed E-state index contributed by atoms with van der Waals surface area (Å²) < 4.78 is 0. The Bertz CT molecular complexity index is 1510. The van der Waals surface area contributed by atoms with Crippen LogP contribution in [0, 0.1) is 0 Å². The lowest BCUT2D eigenvalue weighted by Crippen LogP contribution is -2.22. The Kier molecular flexibility index (Phi) is 8.29. The maximum absolute atomic E-state index is 13.0. The molecule has 0 fully saturated rings. The zero-order valence-electron chi connectivity index (χ0n) is 22.4. The predicted octanol–water partition coefficient (Wildman–Crippen LogP) is 3.98. The quantitative estimate of drug-likeness (QED) is 0.292. The van der Waals surface area contributed by atoms with E-state index in [9.17, 15) is 14.4 Å². The van der Waals surface area contributed by atoms with Gasteiger partial charge in [-0.2, -0.15) is 0 Å².